The van der Waals surface area contributed by atoms with Gasteiger partial charge < -0.3 is 9.64 Å². The SMILES string of the molecule is N#COC(=N)N1CCCC1. The second kappa shape index (κ2) is 3.06. The van der Waals surface area contributed by atoms with Crippen molar-refractivity contribution in [3.8, 4) is 6.26 Å². The van der Waals surface area contributed by atoms with Gasteiger partial charge in [-0.2, -0.15) is 0 Å². The van der Waals surface area contributed by atoms with Gasteiger partial charge in [0.05, 0.1) is 0 Å². The Morgan fingerprint density at radius 2 is 2.10 bits per heavy atom. The molecule has 0 aromatic rings. The van der Waals surface area contributed by atoms with Crippen LogP contribution in [0.3, 0.4) is 0 Å². The summed E-state index contributed by atoms with van der Waals surface area (Å²) in [6, 6.07) is -0.0139. The predicted molar refractivity (Wildman–Crippen MR) is 35.2 cm³/mol. The first-order valence-electron chi connectivity index (χ1n) is 3.24. The summed E-state index contributed by atoms with van der Waals surface area (Å²) in [5, 5.41) is 15.2. The number of nitriles is 1. The smallest absolute Gasteiger partial charge is 0.301 e. The molecule has 1 aliphatic rings. The van der Waals surface area contributed by atoms with E-state index in [9.17, 15) is 0 Å². The van der Waals surface area contributed by atoms with Gasteiger partial charge in [-0.25, -0.2) is 0 Å². The van der Waals surface area contributed by atoms with Gasteiger partial charge >= 0.3 is 6.02 Å². The minimum absolute atomic E-state index is 0.0139. The molecule has 0 aromatic carbocycles. The Kier molecular flexibility index (Phi) is 2.11. The van der Waals surface area contributed by atoms with Gasteiger partial charge in [0, 0.05) is 13.1 Å². The zero-order chi connectivity index (χ0) is 7.40. The molecule has 0 radical (unpaired) electrons. The third-order valence-corrected chi connectivity index (χ3v) is 1.54. The van der Waals surface area contributed by atoms with Gasteiger partial charge in [-0.3, -0.25) is 5.41 Å². The van der Waals surface area contributed by atoms with Crippen LogP contribution < -0.4 is 0 Å². The average Bonchev–Trinajstić information content (AvgIpc) is 2.38. The highest BCUT2D eigenvalue weighted by Gasteiger charge is 2.15. The molecule has 10 heavy (non-hydrogen) atoms. The molecule has 1 heterocycles. The van der Waals surface area contributed by atoms with Crippen LogP contribution in [0, 0.1) is 16.9 Å². The quantitative estimate of drug-likeness (QED) is 0.302. The van der Waals surface area contributed by atoms with E-state index in [2.05, 4.69) is 4.74 Å². The summed E-state index contributed by atoms with van der Waals surface area (Å²) >= 11 is 0. The number of hydrogen-bond donors (Lipinski definition) is 1. The van der Waals surface area contributed by atoms with Crippen molar-refractivity contribution in [2.45, 2.75) is 12.8 Å². The van der Waals surface area contributed by atoms with Crippen molar-refractivity contribution in [1.29, 1.82) is 10.7 Å². The predicted octanol–water partition coefficient (Wildman–Crippen LogP) is 0.515. The highest BCUT2D eigenvalue weighted by molar-refractivity contribution is 5.71. The lowest BCUT2D eigenvalue weighted by Gasteiger charge is -2.13. The van der Waals surface area contributed by atoms with E-state index in [0.717, 1.165) is 25.9 Å². The number of amidine groups is 1. The van der Waals surface area contributed by atoms with Gasteiger partial charge in [0.1, 0.15) is 0 Å². The molecule has 0 spiro atoms. The maximum absolute atomic E-state index is 8.06. The Hall–Kier alpha value is -1.24. The molecule has 4 nitrogen and oxygen atoms in total. The Bertz CT molecular complexity index is 166. The molecule has 1 rings (SSSR count). The normalized spacial score (nSPS) is 16.5. The highest BCUT2D eigenvalue weighted by Crippen LogP contribution is 2.07. The van der Waals surface area contributed by atoms with Crippen LogP contribution >= 0.6 is 0 Å². The van der Waals surface area contributed by atoms with E-state index in [4.69, 9.17) is 10.7 Å². The van der Waals surface area contributed by atoms with Crippen LogP contribution in [-0.2, 0) is 4.74 Å². The molecule has 4 heteroatoms. The first kappa shape index (κ1) is 6.87. The molecule has 1 fully saturated rings. The highest BCUT2D eigenvalue weighted by atomic mass is 16.5. The van der Waals surface area contributed by atoms with Crippen molar-refractivity contribution < 1.29 is 4.74 Å². The molecule has 0 saturated carbocycles. The molecule has 0 aliphatic carbocycles. The standard InChI is InChI=1S/C6H9N3O/c7-5-10-6(8)9-3-1-2-4-9/h8H,1-4H2. The van der Waals surface area contributed by atoms with Crippen molar-refractivity contribution in [3.63, 3.8) is 0 Å². The summed E-state index contributed by atoms with van der Waals surface area (Å²) in [5.41, 5.74) is 0. The van der Waals surface area contributed by atoms with E-state index in [-0.39, 0.29) is 6.02 Å². The van der Waals surface area contributed by atoms with Crippen molar-refractivity contribution in [1.82, 2.24) is 4.90 Å². The van der Waals surface area contributed by atoms with Crippen LogP contribution in [0.2, 0.25) is 0 Å². The van der Waals surface area contributed by atoms with E-state index >= 15 is 0 Å². The lowest BCUT2D eigenvalue weighted by molar-refractivity contribution is 0.359. The van der Waals surface area contributed by atoms with Crippen LogP contribution in [-0.4, -0.2) is 24.0 Å². The Balaban J connectivity index is 2.34. The third-order valence-electron chi connectivity index (χ3n) is 1.54. The topological polar surface area (TPSA) is 60.1 Å². The molecule has 1 saturated heterocycles. The summed E-state index contributed by atoms with van der Waals surface area (Å²) in [6.45, 7) is 1.70. The molecule has 0 atom stereocenters. The van der Waals surface area contributed by atoms with Gasteiger partial charge in [-0.15, -0.1) is 5.26 Å². The minimum Gasteiger partial charge on any atom is -0.351 e. The van der Waals surface area contributed by atoms with E-state index in [1.165, 1.54) is 6.26 Å². The van der Waals surface area contributed by atoms with Crippen molar-refractivity contribution in [3.05, 3.63) is 0 Å². The maximum Gasteiger partial charge on any atom is 0.301 e. The number of rotatable bonds is 0. The van der Waals surface area contributed by atoms with Gasteiger partial charge in [0.25, 0.3) is 6.26 Å². The van der Waals surface area contributed by atoms with Crippen molar-refractivity contribution in [2.75, 3.05) is 13.1 Å². The molecule has 1 N–H and O–H groups in total. The monoisotopic (exact) mass is 139 g/mol. The lowest BCUT2D eigenvalue weighted by atomic mass is 10.4. The van der Waals surface area contributed by atoms with Gasteiger partial charge in [-0.05, 0) is 12.8 Å². The number of nitrogens with one attached hydrogen (secondary N) is 1. The van der Waals surface area contributed by atoms with E-state index in [0.29, 0.717) is 0 Å². The van der Waals surface area contributed by atoms with Crippen LogP contribution in [0.5, 0.6) is 0 Å². The first-order chi connectivity index (χ1) is 4.84. The summed E-state index contributed by atoms with van der Waals surface area (Å²) in [4.78, 5) is 1.75. The average molecular weight is 139 g/mol. The van der Waals surface area contributed by atoms with Crippen molar-refractivity contribution in [2.24, 2.45) is 0 Å². The van der Waals surface area contributed by atoms with Gasteiger partial charge in [0.2, 0.25) is 0 Å². The van der Waals surface area contributed by atoms with Crippen molar-refractivity contribution >= 4 is 6.02 Å². The van der Waals surface area contributed by atoms with Crippen LogP contribution in [0.25, 0.3) is 0 Å². The van der Waals surface area contributed by atoms with E-state index in [1.54, 1.807) is 4.90 Å². The zero-order valence-corrected chi connectivity index (χ0v) is 5.63. The minimum atomic E-state index is -0.0139. The summed E-state index contributed by atoms with van der Waals surface area (Å²) in [5.74, 6) is 0. The summed E-state index contributed by atoms with van der Waals surface area (Å²) in [6.07, 6.45) is 3.67. The molecule has 0 unspecified atom stereocenters. The molecule has 54 valence electrons. The fraction of sp³-hybridized carbons (Fsp3) is 0.667. The van der Waals surface area contributed by atoms with E-state index in [1.807, 2.05) is 0 Å². The third kappa shape index (κ3) is 1.38. The van der Waals surface area contributed by atoms with Gasteiger partial charge in [0.15, 0.2) is 0 Å². The summed E-state index contributed by atoms with van der Waals surface area (Å²) in [7, 11) is 0. The van der Waals surface area contributed by atoms with E-state index < -0.39 is 0 Å². The molecule has 0 bridgehead atoms. The molecule has 1 aliphatic heterocycles. The van der Waals surface area contributed by atoms with Crippen LogP contribution in [0.15, 0.2) is 0 Å². The summed E-state index contributed by atoms with van der Waals surface area (Å²) < 4.78 is 4.34. The second-order valence-corrected chi connectivity index (χ2v) is 2.19. The number of nitrogens with zero attached hydrogens (tertiary/aromatic N) is 2. The maximum atomic E-state index is 8.06. The number of ether oxygens (including phenoxy) is 1. The lowest BCUT2D eigenvalue weighted by Crippen LogP contribution is -2.27. The molecular formula is C6H9N3O. The van der Waals surface area contributed by atoms with Gasteiger partial charge in [-0.1, -0.05) is 0 Å². The fourth-order valence-corrected chi connectivity index (χ4v) is 1.03. The zero-order valence-electron chi connectivity index (χ0n) is 5.63. The molecule has 0 aromatic heterocycles. The first-order valence-corrected chi connectivity index (χ1v) is 3.24. The largest absolute Gasteiger partial charge is 0.351 e. The number of hydrogen-bond acceptors (Lipinski definition) is 3. The molecule has 0 amide bonds. The number of likely N-dealkylation sites (tertiary alicyclic amines) is 1. The second-order valence-electron chi connectivity index (χ2n) is 2.19. The Morgan fingerprint density at radius 1 is 1.50 bits per heavy atom. The molecular weight excluding hydrogens is 130 g/mol. The fourth-order valence-electron chi connectivity index (χ4n) is 1.03. The van der Waals surface area contributed by atoms with Crippen LogP contribution in [0.4, 0.5) is 0 Å². The Labute approximate surface area is 59.5 Å². The van der Waals surface area contributed by atoms with Crippen LogP contribution in [0.1, 0.15) is 12.8 Å². The Morgan fingerprint density at radius 3 is 2.60 bits per heavy atom.